The molecule has 0 N–H and O–H groups in total. The third-order valence-electron chi connectivity index (χ3n) is 5.19. The molecule has 0 bridgehead atoms. The van der Waals surface area contributed by atoms with E-state index >= 15 is 0 Å². The summed E-state index contributed by atoms with van der Waals surface area (Å²) in [4.78, 5) is 14.3. The molecule has 5 rings (SSSR count). The van der Waals surface area contributed by atoms with Gasteiger partial charge in [-0.1, -0.05) is 23.5 Å². The quantitative estimate of drug-likeness (QED) is 0.533. The zero-order valence-corrected chi connectivity index (χ0v) is 16.3. The molecule has 0 atom stereocenters. The maximum absolute atomic E-state index is 4.96. The van der Waals surface area contributed by atoms with Gasteiger partial charge in [0.05, 0.1) is 10.2 Å². The number of benzene rings is 1. The second kappa shape index (κ2) is 6.45. The van der Waals surface area contributed by atoms with Crippen molar-refractivity contribution in [3.8, 4) is 0 Å². The molecule has 0 radical (unpaired) electrons. The van der Waals surface area contributed by atoms with Crippen LogP contribution in [0.15, 0.2) is 30.9 Å². The minimum Gasteiger partial charge on any atom is -0.352 e. The smallest absolute Gasteiger partial charge is 0.203 e. The summed E-state index contributed by atoms with van der Waals surface area (Å²) in [5, 5.41) is 9.37. The summed E-state index contributed by atoms with van der Waals surface area (Å²) in [7, 11) is 0. The molecule has 1 fully saturated rings. The molecule has 8 heteroatoms. The minimum absolute atomic E-state index is 0.817. The van der Waals surface area contributed by atoms with E-state index in [0.29, 0.717) is 0 Å². The van der Waals surface area contributed by atoms with Crippen molar-refractivity contribution in [2.24, 2.45) is 0 Å². The van der Waals surface area contributed by atoms with Gasteiger partial charge in [-0.05, 0) is 31.4 Å². The van der Waals surface area contributed by atoms with Crippen LogP contribution in [0.4, 0.5) is 10.9 Å². The maximum Gasteiger partial charge on any atom is 0.203 e. The van der Waals surface area contributed by atoms with E-state index in [9.17, 15) is 0 Å². The molecule has 0 unspecified atom stereocenters. The predicted molar refractivity (Wildman–Crippen MR) is 109 cm³/mol. The number of rotatable bonds is 2. The molecule has 4 aromatic rings. The van der Waals surface area contributed by atoms with Gasteiger partial charge < -0.3 is 9.80 Å². The Morgan fingerprint density at radius 3 is 2.70 bits per heavy atom. The topological polar surface area (TPSA) is 62.5 Å². The average molecular weight is 379 g/mol. The third-order valence-corrected chi connectivity index (χ3v) is 6.45. The van der Waals surface area contributed by atoms with Crippen LogP contribution >= 0.6 is 11.3 Å². The molecule has 1 aliphatic rings. The van der Waals surface area contributed by atoms with Gasteiger partial charge in [-0.3, -0.25) is 4.40 Å². The van der Waals surface area contributed by atoms with E-state index in [4.69, 9.17) is 4.98 Å². The normalized spacial score (nSPS) is 15.6. The highest BCUT2D eigenvalue weighted by Crippen LogP contribution is 2.33. The molecule has 138 valence electrons. The van der Waals surface area contributed by atoms with Crippen LogP contribution in [0.25, 0.3) is 15.9 Å². The first-order valence-corrected chi connectivity index (χ1v) is 10.0. The Hall–Kier alpha value is -2.74. The lowest BCUT2D eigenvalue weighted by atomic mass is 10.1. The van der Waals surface area contributed by atoms with Gasteiger partial charge in [0.1, 0.15) is 6.33 Å². The second-order valence-corrected chi connectivity index (χ2v) is 7.99. The standard InChI is InChI=1S/C19H21N7S/c1-13-4-5-14(2)16-15(13)22-19(27-16)25-8-3-7-24(10-11-25)17-18-23-21-12-26(18)9-6-20-17/h4-6,9,12H,3,7-8,10-11H2,1-2H3. The summed E-state index contributed by atoms with van der Waals surface area (Å²) in [5.74, 6) is 0.910. The van der Waals surface area contributed by atoms with E-state index in [1.807, 2.05) is 28.1 Å². The predicted octanol–water partition coefficient (Wildman–Crippen LogP) is 3.07. The molecule has 1 saturated heterocycles. The highest BCUT2D eigenvalue weighted by atomic mass is 32.1. The van der Waals surface area contributed by atoms with Crippen molar-refractivity contribution in [2.45, 2.75) is 20.3 Å². The summed E-state index contributed by atoms with van der Waals surface area (Å²) in [5.41, 5.74) is 4.51. The Labute approximate surface area is 161 Å². The van der Waals surface area contributed by atoms with E-state index in [1.54, 1.807) is 6.33 Å². The van der Waals surface area contributed by atoms with Crippen LogP contribution in [-0.2, 0) is 0 Å². The number of thiazole rings is 1. The Bertz CT molecular complexity index is 1080. The maximum atomic E-state index is 4.96. The van der Waals surface area contributed by atoms with E-state index in [1.165, 1.54) is 15.8 Å². The summed E-state index contributed by atoms with van der Waals surface area (Å²) in [6.07, 6.45) is 6.48. The Morgan fingerprint density at radius 1 is 1.00 bits per heavy atom. The molecular formula is C19H21N7S. The molecule has 1 aromatic carbocycles. The van der Waals surface area contributed by atoms with Crippen molar-refractivity contribution in [3.63, 3.8) is 0 Å². The van der Waals surface area contributed by atoms with Gasteiger partial charge in [-0.25, -0.2) is 9.97 Å². The summed E-state index contributed by atoms with van der Waals surface area (Å²) >= 11 is 1.81. The second-order valence-electron chi connectivity index (χ2n) is 7.01. The summed E-state index contributed by atoms with van der Waals surface area (Å²) < 4.78 is 3.23. The van der Waals surface area contributed by atoms with Gasteiger partial charge in [0.2, 0.25) is 5.65 Å². The van der Waals surface area contributed by atoms with E-state index < -0.39 is 0 Å². The van der Waals surface area contributed by atoms with Crippen LogP contribution in [0.2, 0.25) is 0 Å². The first kappa shape index (κ1) is 16.4. The van der Waals surface area contributed by atoms with Gasteiger partial charge in [-0.15, -0.1) is 10.2 Å². The monoisotopic (exact) mass is 379 g/mol. The zero-order chi connectivity index (χ0) is 18.4. The fourth-order valence-corrected chi connectivity index (χ4v) is 4.84. The molecule has 0 aliphatic carbocycles. The van der Waals surface area contributed by atoms with Crippen LogP contribution < -0.4 is 9.80 Å². The lowest BCUT2D eigenvalue weighted by molar-refractivity contribution is 0.796. The molecule has 3 aromatic heterocycles. The first-order chi connectivity index (χ1) is 13.2. The van der Waals surface area contributed by atoms with Crippen molar-refractivity contribution in [2.75, 3.05) is 36.0 Å². The number of nitrogens with zero attached hydrogens (tertiary/aromatic N) is 7. The fourth-order valence-electron chi connectivity index (χ4n) is 3.67. The average Bonchev–Trinajstić information content (AvgIpc) is 3.27. The lowest BCUT2D eigenvalue weighted by Crippen LogP contribution is -2.31. The largest absolute Gasteiger partial charge is 0.352 e. The van der Waals surface area contributed by atoms with Gasteiger partial charge in [0, 0.05) is 38.6 Å². The highest BCUT2D eigenvalue weighted by molar-refractivity contribution is 7.22. The summed E-state index contributed by atoms with van der Waals surface area (Å²) in [6.45, 7) is 8.09. The Balaban J connectivity index is 1.42. The van der Waals surface area contributed by atoms with Crippen molar-refractivity contribution in [1.29, 1.82) is 0 Å². The molecule has 7 nitrogen and oxygen atoms in total. The molecular weight excluding hydrogens is 358 g/mol. The molecule has 4 heterocycles. The van der Waals surface area contributed by atoms with Crippen molar-refractivity contribution in [3.05, 3.63) is 42.0 Å². The summed E-state index contributed by atoms with van der Waals surface area (Å²) in [6, 6.07) is 4.35. The van der Waals surface area contributed by atoms with Gasteiger partial charge in [0.15, 0.2) is 10.9 Å². The van der Waals surface area contributed by atoms with Gasteiger partial charge in [-0.2, -0.15) is 0 Å². The van der Waals surface area contributed by atoms with Crippen molar-refractivity contribution in [1.82, 2.24) is 24.6 Å². The van der Waals surface area contributed by atoms with Gasteiger partial charge in [0.25, 0.3) is 0 Å². The van der Waals surface area contributed by atoms with E-state index in [-0.39, 0.29) is 0 Å². The SMILES string of the molecule is Cc1ccc(C)c2sc(N3CCCN(c4nccn5cnnc45)CC3)nc12. The van der Waals surface area contributed by atoms with Crippen molar-refractivity contribution < 1.29 is 0 Å². The highest BCUT2D eigenvalue weighted by Gasteiger charge is 2.21. The van der Waals surface area contributed by atoms with Crippen LogP contribution in [-0.4, -0.2) is 50.7 Å². The minimum atomic E-state index is 0.817. The fraction of sp³-hybridized carbons (Fsp3) is 0.368. The molecule has 0 spiro atoms. The van der Waals surface area contributed by atoms with Crippen molar-refractivity contribution >= 4 is 38.2 Å². The van der Waals surface area contributed by atoms with E-state index in [0.717, 1.165) is 54.7 Å². The molecule has 0 amide bonds. The number of aromatic nitrogens is 5. The van der Waals surface area contributed by atoms with Crippen LogP contribution in [0, 0.1) is 13.8 Å². The van der Waals surface area contributed by atoms with Gasteiger partial charge >= 0.3 is 0 Å². The zero-order valence-electron chi connectivity index (χ0n) is 15.5. The number of anilines is 2. The Morgan fingerprint density at radius 2 is 1.81 bits per heavy atom. The number of hydrogen-bond acceptors (Lipinski definition) is 7. The van der Waals surface area contributed by atoms with Crippen LogP contribution in [0.3, 0.4) is 0 Å². The third kappa shape index (κ3) is 2.80. The molecule has 1 aliphatic heterocycles. The molecule has 0 saturated carbocycles. The van der Waals surface area contributed by atoms with Crippen LogP contribution in [0.1, 0.15) is 17.5 Å². The molecule has 27 heavy (non-hydrogen) atoms. The number of fused-ring (bicyclic) bond motifs is 2. The van der Waals surface area contributed by atoms with Crippen LogP contribution in [0.5, 0.6) is 0 Å². The lowest BCUT2D eigenvalue weighted by Gasteiger charge is -2.22. The van der Waals surface area contributed by atoms with E-state index in [2.05, 4.69) is 51.0 Å². The Kier molecular flexibility index (Phi) is 3.93. The number of hydrogen-bond donors (Lipinski definition) is 0. The number of aryl methyl sites for hydroxylation is 2. The first-order valence-electron chi connectivity index (χ1n) is 9.22.